The van der Waals surface area contributed by atoms with Crippen LogP contribution in [0.15, 0.2) is 28.8 Å². The summed E-state index contributed by atoms with van der Waals surface area (Å²) in [6.45, 7) is 1.75. The highest BCUT2D eigenvalue weighted by atomic mass is 16.4. The van der Waals surface area contributed by atoms with Gasteiger partial charge < -0.3 is 9.52 Å². The number of rotatable bonds is 2. The molecule has 0 amide bonds. The predicted octanol–water partition coefficient (Wildman–Crippen LogP) is 1.42. The summed E-state index contributed by atoms with van der Waals surface area (Å²) in [7, 11) is 0. The third-order valence-electron chi connectivity index (χ3n) is 2.49. The van der Waals surface area contributed by atoms with Crippen LogP contribution in [0.4, 0.5) is 0 Å². The minimum atomic E-state index is -1.09. The van der Waals surface area contributed by atoms with Crippen molar-refractivity contribution in [3.8, 4) is 5.69 Å². The Morgan fingerprint density at radius 1 is 1.44 bits per heavy atom. The second-order valence-corrected chi connectivity index (χ2v) is 3.72. The first kappa shape index (κ1) is 10.5. The van der Waals surface area contributed by atoms with Crippen molar-refractivity contribution in [2.45, 2.75) is 6.92 Å². The number of benzene rings is 1. The number of carbonyl (C=O) groups is 1. The van der Waals surface area contributed by atoms with Crippen molar-refractivity contribution in [1.29, 1.82) is 0 Å². The maximum absolute atomic E-state index is 11.0. The normalized spacial score (nSPS) is 10.9. The number of hydrogen-bond acceptors (Lipinski definition) is 5. The highest BCUT2D eigenvalue weighted by molar-refractivity contribution is 5.86. The quantitative estimate of drug-likeness (QED) is 0.732. The molecule has 1 aromatic carbocycles. The topological polar surface area (TPSA) is 94.0 Å². The summed E-state index contributed by atoms with van der Waals surface area (Å²) >= 11 is 0. The van der Waals surface area contributed by atoms with Gasteiger partial charge in [-0.15, -0.1) is 5.10 Å². The lowest BCUT2D eigenvalue weighted by Crippen LogP contribution is -2.07. The van der Waals surface area contributed by atoms with Crippen LogP contribution in [0, 0.1) is 6.92 Å². The summed E-state index contributed by atoms with van der Waals surface area (Å²) in [5.41, 5.74) is 1.87. The Bertz CT molecular complexity index is 744. The van der Waals surface area contributed by atoms with Gasteiger partial charge in [-0.3, -0.25) is 0 Å². The van der Waals surface area contributed by atoms with Crippen LogP contribution in [0.2, 0.25) is 0 Å². The number of fused-ring (bicyclic) bond motifs is 1. The fourth-order valence-corrected chi connectivity index (χ4v) is 1.73. The zero-order chi connectivity index (χ0) is 12.7. The zero-order valence-corrected chi connectivity index (χ0v) is 9.36. The summed E-state index contributed by atoms with van der Waals surface area (Å²) in [4.78, 5) is 15.2. The molecule has 0 aliphatic heterocycles. The third kappa shape index (κ3) is 1.53. The zero-order valence-electron chi connectivity index (χ0n) is 9.36. The molecule has 3 aromatic rings. The summed E-state index contributed by atoms with van der Waals surface area (Å²) in [6.07, 6.45) is 1.20. The van der Waals surface area contributed by atoms with Crippen LogP contribution in [-0.4, -0.2) is 31.1 Å². The first-order chi connectivity index (χ1) is 8.65. The second kappa shape index (κ2) is 3.66. The van der Waals surface area contributed by atoms with Crippen molar-refractivity contribution in [1.82, 2.24) is 20.0 Å². The van der Waals surface area contributed by atoms with Crippen LogP contribution in [0.3, 0.4) is 0 Å². The number of aromatic carboxylic acids is 1. The lowest BCUT2D eigenvalue weighted by Gasteiger charge is -2.01. The molecule has 7 heteroatoms. The maximum atomic E-state index is 11.0. The van der Waals surface area contributed by atoms with E-state index >= 15 is 0 Å². The van der Waals surface area contributed by atoms with Gasteiger partial charge in [0.1, 0.15) is 5.52 Å². The number of carboxylic acid groups (broad SMARTS) is 1. The lowest BCUT2D eigenvalue weighted by molar-refractivity contribution is 0.0687. The van der Waals surface area contributed by atoms with Gasteiger partial charge in [-0.05, 0) is 18.2 Å². The largest absolute Gasteiger partial charge is 0.476 e. The SMILES string of the molecule is Cc1nc2cc(-n3nncc3C(=O)O)ccc2o1. The molecule has 2 heterocycles. The monoisotopic (exact) mass is 244 g/mol. The summed E-state index contributed by atoms with van der Waals surface area (Å²) in [6, 6.07) is 5.12. The molecule has 90 valence electrons. The molecule has 0 aliphatic carbocycles. The highest BCUT2D eigenvalue weighted by Crippen LogP contribution is 2.19. The Morgan fingerprint density at radius 2 is 2.28 bits per heavy atom. The van der Waals surface area contributed by atoms with Gasteiger partial charge in [0.15, 0.2) is 17.2 Å². The number of oxazole rings is 1. The molecule has 18 heavy (non-hydrogen) atoms. The Hall–Kier alpha value is -2.70. The van der Waals surface area contributed by atoms with E-state index in [1.807, 2.05) is 0 Å². The first-order valence-corrected chi connectivity index (χ1v) is 5.17. The minimum Gasteiger partial charge on any atom is -0.476 e. The predicted molar refractivity (Wildman–Crippen MR) is 60.6 cm³/mol. The lowest BCUT2D eigenvalue weighted by atomic mass is 10.3. The van der Waals surface area contributed by atoms with Crippen molar-refractivity contribution in [3.63, 3.8) is 0 Å². The van der Waals surface area contributed by atoms with E-state index in [-0.39, 0.29) is 5.69 Å². The van der Waals surface area contributed by atoms with Gasteiger partial charge in [0.25, 0.3) is 0 Å². The van der Waals surface area contributed by atoms with Gasteiger partial charge in [-0.1, -0.05) is 5.21 Å². The molecular weight excluding hydrogens is 236 g/mol. The Labute approximate surface area is 101 Å². The molecule has 2 aromatic heterocycles. The van der Waals surface area contributed by atoms with Crippen LogP contribution < -0.4 is 0 Å². The average Bonchev–Trinajstić information content (AvgIpc) is 2.91. The number of hydrogen-bond donors (Lipinski definition) is 1. The molecular formula is C11H8N4O3. The second-order valence-electron chi connectivity index (χ2n) is 3.72. The van der Waals surface area contributed by atoms with E-state index in [2.05, 4.69) is 15.3 Å². The van der Waals surface area contributed by atoms with E-state index in [0.29, 0.717) is 22.7 Å². The van der Waals surface area contributed by atoms with Gasteiger partial charge in [-0.2, -0.15) is 0 Å². The fraction of sp³-hybridized carbons (Fsp3) is 0.0909. The summed E-state index contributed by atoms with van der Waals surface area (Å²) < 4.78 is 6.59. The minimum absolute atomic E-state index is 0.00503. The van der Waals surface area contributed by atoms with Crippen LogP contribution in [0.5, 0.6) is 0 Å². The molecule has 0 atom stereocenters. The van der Waals surface area contributed by atoms with Crippen LogP contribution in [0.25, 0.3) is 16.8 Å². The van der Waals surface area contributed by atoms with Crippen molar-refractivity contribution < 1.29 is 14.3 Å². The Kier molecular flexibility index (Phi) is 2.12. The van der Waals surface area contributed by atoms with Crippen LogP contribution in [-0.2, 0) is 0 Å². The number of carboxylic acids is 1. The van der Waals surface area contributed by atoms with Gasteiger partial charge >= 0.3 is 5.97 Å². The smallest absolute Gasteiger partial charge is 0.356 e. The first-order valence-electron chi connectivity index (χ1n) is 5.17. The molecule has 0 radical (unpaired) electrons. The number of nitrogens with zero attached hydrogens (tertiary/aromatic N) is 4. The molecule has 3 rings (SSSR count). The molecule has 0 aliphatic rings. The van der Waals surface area contributed by atoms with E-state index in [4.69, 9.17) is 9.52 Å². The van der Waals surface area contributed by atoms with Crippen LogP contribution in [0.1, 0.15) is 16.4 Å². The van der Waals surface area contributed by atoms with Crippen molar-refractivity contribution in [2.75, 3.05) is 0 Å². The molecule has 0 unspecified atom stereocenters. The molecule has 0 spiro atoms. The molecule has 7 nitrogen and oxygen atoms in total. The van der Waals surface area contributed by atoms with Gasteiger partial charge in [0, 0.05) is 6.92 Å². The standard InChI is InChI=1S/C11H8N4O3/c1-6-13-8-4-7(2-3-10(8)18-6)15-9(11(16)17)5-12-14-15/h2-5H,1H3,(H,16,17). The Morgan fingerprint density at radius 3 is 3.06 bits per heavy atom. The summed E-state index contributed by atoms with van der Waals surface area (Å²) in [5, 5.41) is 16.3. The Balaban J connectivity index is 2.18. The van der Waals surface area contributed by atoms with E-state index in [9.17, 15) is 4.79 Å². The molecule has 0 saturated carbocycles. The summed E-state index contributed by atoms with van der Waals surface area (Å²) in [5.74, 6) is -0.532. The highest BCUT2D eigenvalue weighted by Gasteiger charge is 2.14. The van der Waals surface area contributed by atoms with Gasteiger partial charge in [-0.25, -0.2) is 14.5 Å². The number of aryl methyl sites for hydroxylation is 1. The van der Waals surface area contributed by atoms with Crippen molar-refractivity contribution >= 4 is 17.1 Å². The fourth-order valence-electron chi connectivity index (χ4n) is 1.73. The van der Waals surface area contributed by atoms with E-state index in [1.165, 1.54) is 10.9 Å². The molecule has 0 fully saturated rings. The van der Waals surface area contributed by atoms with E-state index in [1.54, 1.807) is 25.1 Å². The maximum Gasteiger partial charge on any atom is 0.356 e. The third-order valence-corrected chi connectivity index (χ3v) is 2.49. The molecule has 1 N–H and O–H groups in total. The van der Waals surface area contributed by atoms with E-state index < -0.39 is 5.97 Å². The van der Waals surface area contributed by atoms with E-state index in [0.717, 1.165) is 0 Å². The van der Waals surface area contributed by atoms with Crippen molar-refractivity contribution in [3.05, 3.63) is 36.0 Å². The number of aromatic nitrogens is 4. The van der Waals surface area contributed by atoms with Crippen molar-refractivity contribution in [2.24, 2.45) is 0 Å². The molecule has 0 bridgehead atoms. The van der Waals surface area contributed by atoms with Gasteiger partial charge in [0.05, 0.1) is 11.9 Å². The average molecular weight is 244 g/mol. The van der Waals surface area contributed by atoms with Gasteiger partial charge in [0.2, 0.25) is 0 Å². The van der Waals surface area contributed by atoms with Crippen LogP contribution >= 0.6 is 0 Å². The molecule has 0 saturated heterocycles.